The number of unbranched alkanes of at least 4 members (excludes halogenated alkanes) is 2. The molecule has 0 spiro atoms. The summed E-state index contributed by atoms with van der Waals surface area (Å²) in [7, 11) is 1.68. The molecule has 0 aliphatic carbocycles. The van der Waals surface area contributed by atoms with Crippen molar-refractivity contribution in [2.45, 2.75) is 26.2 Å². The van der Waals surface area contributed by atoms with Crippen molar-refractivity contribution >= 4 is 29.3 Å². The van der Waals surface area contributed by atoms with Crippen molar-refractivity contribution in [2.75, 3.05) is 25.0 Å². The van der Waals surface area contributed by atoms with Crippen molar-refractivity contribution in [3.8, 4) is 0 Å². The number of hydrogen-bond acceptors (Lipinski definition) is 2. The molecule has 0 saturated carbocycles. The van der Waals surface area contributed by atoms with Gasteiger partial charge in [-0.15, -0.1) is 0 Å². The number of carbonyl (C=O) groups excluding carboxylic acids is 1. The number of carboxylic acids is 1. The third-order valence-electron chi connectivity index (χ3n) is 3.07. The van der Waals surface area contributed by atoms with Gasteiger partial charge in [-0.25, -0.2) is 4.79 Å². The van der Waals surface area contributed by atoms with Gasteiger partial charge in [0.05, 0.1) is 0 Å². The van der Waals surface area contributed by atoms with Crippen LogP contribution in [0, 0.1) is 0 Å². The van der Waals surface area contributed by atoms with Crippen LogP contribution in [0.2, 0.25) is 5.02 Å². The quantitative estimate of drug-likeness (QED) is 0.784. The zero-order valence-corrected chi connectivity index (χ0v) is 13.1. The average Bonchev–Trinajstić information content (AvgIpc) is 2.44. The molecule has 6 heteroatoms. The lowest BCUT2D eigenvalue weighted by atomic mass is 10.2. The molecule has 1 aromatic rings. The third-order valence-corrected chi connectivity index (χ3v) is 3.30. The molecule has 0 aromatic heterocycles. The molecule has 0 saturated heterocycles. The summed E-state index contributed by atoms with van der Waals surface area (Å²) in [6, 6.07) is 6.29. The Morgan fingerprint density at radius 1 is 1.29 bits per heavy atom. The maximum Gasteiger partial charge on any atom is 0.324 e. The monoisotopic (exact) mass is 312 g/mol. The number of anilines is 1. The lowest BCUT2D eigenvalue weighted by molar-refractivity contribution is -0.135. The molecule has 2 amide bonds. The second-order valence-electron chi connectivity index (χ2n) is 4.87. The van der Waals surface area contributed by atoms with Crippen LogP contribution in [0.1, 0.15) is 26.2 Å². The van der Waals surface area contributed by atoms with E-state index in [0.717, 1.165) is 19.3 Å². The maximum absolute atomic E-state index is 12.4. The van der Waals surface area contributed by atoms with E-state index < -0.39 is 12.5 Å². The smallest absolute Gasteiger partial charge is 0.324 e. The van der Waals surface area contributed by atoms with E-state index in [1.807, 2.05) is 0 Å². The first-order valence-corrected chi connectivity index (χ1v) is 7.33. The van der Waals surface area contributed by atoms with Gasteiger partial charge < -0.3 is 10.0 Å². The minimum atomic E-state index is -1.06. The molecule has 1 rings (SSSR count). The first kappa shape index (κ1) is 17.3. The molecule has 0 radical (unpaired) electrons. The predicted octanol–water partition coefficient (Wildman–Crippen LogP) is 3.47. The number of urea groups is 1. The summed E-state index contributed by atoms with van der Waals surface area (Å²) in [5, 5.41) is 9.48. The van der Waals surface area contributed by atoms with Crippen molar-refractivity contribution in [3.63, 3.8) is 0 Å². The Balaban J connectivity index is 2.86. The topological polar surface area (TPSA) is 60.9 Å². The molecule has 116 valence electrons. The van der Waals surface area contributed by atoms with E-state index in [0.29, 0.717) is 17.3 Å². The first-order chi connectivity index (χ1) is 9.95. The molecule has 5 nitrogen and oxygen atoms in total. The number of hydrogen-bond donors (Lipinski definition) is 1. The second kappa shape index (κ2) is 8.52. The summed E-state index contributed by atoms with van der Waals surface area (Å²) in [6.45, 7) is 2.30. The Labute approximate surface area is 130 Å². The van der Waals surface area contributed by atoms with E-state index >= 15 is 0 Å². The summed E-state index contributed by atoms with van der Waals surface area (Å²) in [4.78, 5) is 26.2. The van der Waals surface area contributed by atoms with Gasteiger partial charge >= 0.3 is 12.0 Å². The van der Waals surface area contributed by atoms with Crippen molar-refractivity contribution < 1.29 is 14.7 Å². The Hall–Kier alpha value is -1.75. The van der Waals surface area contributed by atoms with Gasteiger partial charge in [-0.1, -0.05) is 37.4 Å². The predicted molar refractivity (Wildman–Crippen MR) is 84.0 cm³/mol. The van der Waals surface area contributed by atoms with Crippen LogP contribution in [0.5, 0.6) is 0 Å². The number of rotatable bonds is 7. The molecule has 1 N–H and O–H groups in total. The summed E-state index contributed by atoms with van der Waals surface area (Å²) in [5.41, 5.74) is 0.484. The fourth-order valence-corrected chi connectivity index (χ4v) is 2.13. The summed E-state index contributed by atoms with van der Waals surface area (Å²) in [5.74, 6) is -1.06. The zero-order chi connectivity index (χ0) is 15.8. The van der Waals surface area contributed by atoms with Crippen LogP contribution in [-0.4, -0.2) is 42.1 Å². The first-order valence-electron chi connectivity index (χ1n) is 6.95. The molecule has 0 heterocycles. The van der Waals surface area contributed by atoms with E-state index in [-0.39, 0.29) is 6.03 Å². The van der Waals surface area contributed by atoms with Gasteiger partial charge in [0.2, 0.25) is 0 Å². The minimum Gasteiger partial charge on any atom is -0.480 e. The van der Waals surface area contributed by atoms with E-state index in [1.54, 1.807) is 36.2 Å². The number of carbonyl (C=O) groups is 2. The van der Waals surface area contributed by atoms with Gasteiger partial charge in [-0.2, -0.15) is 0 Å². The Morgan fingerprint density at radius 2 is 2.00 bits per heavy atom. The minimum absolute atomic E-state index is 0.337. The highest BCUT2D eigenvalue weighted by Crippen LogP contribution is 2.20. The Bertz CT molecular complexity index is 494. The molecular formula is C15H21ClN2O3. The molecule has 0 fully saturated rings. The fraction of sp³-hybridized carbons (Fsp3) is 0.467. The molecule has 21 heavy (non-hydrogen) atoms. The number of aliphatic carboxylic acids is 1. The maximum atomic E-state index is 12.4. The summed E-state index contributed by atoms with van der Waals surface area (Å²) < 4.78 is 0. The van der Waals surface area contributed by atoms with E-state index in [9.17, 15) is 9.59 Å². The standard InChI is InChI=1S/C15H21ClN2O3/c1-3-4-5-9-17(2)15(21)18(11-14(19)20)13-8-6-7-12(16)10-13/h6-8,10H,3-5,9,11H2,1-2H3,(H,19,20). The molecule has 1 aromatic carbocycles. The number of carboxylic acid groups (broad SMARTS) is 1. The van der Waals surface area contributed by atoms with E-state index in [2.05, 4.69) is 6.92 Å². The van der Waals surface area contributed by atoms with E-state index in [4.69, 9.17) is 16.7 Å². The van der Waals surface area contributed by atoms with Crippen LogP contribution in [0.25, 0.3) is 0 Å². The summed E-state index contributed by atoms with van der Waals surface area (Å²) in [6.07, 6.45) is 3.00. The number of benzene rings is 1. The SMILES string of the molecule is CCCCCN(C)C(=O)N(CC(=O)O)c1cccc(Cl)c1. The molecule has 0 aliphatic rings. The number of nitrogens with zero attached hydrogens (tertiary/aromatic N) is 2. The van der Waals surface area contributed by atoms with Gasteiger partial charge in [0.25, 0.3) is 0 Å². The summed E-state index contributed by atoms with van der Waals surface area (Å²) >= 11 is 5.91. The fourth-order valence-electron chi connectivity index (χ4n) is 1.95. The molecule has 0 bridgehead atoms. The Kier molecular flexibility index (Phi) is 7.02. The van der Waals surface area contributed by atoms with Gasteiger partial charge in [-0.05, 0) is 24.6 Å². The lowest BCUT2D eigenvalue weighted by Crippen LogP contribution is -2.44. The van der Waals surface area contributed by atoms with Crippen molar-refractivity contribution in [1.29, 1.82) is 0 Å². The van der Waals surface area contributed by atoms with Crippen LogP contribution in [0.3, 0.4) is 0 Å². The van der Waals surface area contributed by atoms with Crippen molar-refractivity contribution in [2.24, 2.45) is 0 Å². The van der Waals surface area contributed by atoms with Crippen molar-refractivity contribution in [1.82, 2.24) is 4.90 Å². The highest BCUT2D eigenvalue weighted by atomic mass is 35.5. The number of halogens is 1. The Morgan fingerprint density at radius 3 is 2.57 bits per heavy atom. The van der Waals surface area contributed by atoms with Crippen LogP contribution >= 0.6 is 11.6 Å². The van der Waals surface area contributed by atoms with Crippen LogP contribution in [-0.2, 0) is 4.79 Å². The zero-order valence-electron chi connectivity index (χ0n) is 12.4. The second-order valence-corrected chi connectivity index (χ2v) is 5.31. The normalized spacial score (nSPS) is 10.2. The third kappa shape index (κ3) is 5.63. The van der Waals surface area contributed by atoms with Gasteiger partial charge in [0.15, 0.2) is 0 Å². The molecule has 0 atom stereocenters. The average molecular weight is 313 g/mol. The van der Waals surface area contributed by atoms with E-state index in [1.165, 1.54) is 4.90 Å². The molecule has 0 aliphatic heterocycles. The number of amides is 2. The molecule has 0 unspecified atom stereocenters. The highest BCUT2D eigenvalue weighted by Gasteiger charge is 2.22. The lowest BCUT2D eigenvalue weighted by Gasteiger charge is -2.27. The van der Waals surface area contributed by atoms with Crippen LogP contribution in [0.15, 0.2) is 24.3 Å². The van der Waals surface area contributed by atoms with Crippen molar-refractivity contribution in [3.05, 3.63) is 29.3 Å². The largest absolute Gasteiger partial charge is 0.480 e. The van der Waals surface area contributed by atoms with Gasteiger partial charge in [-0.3, -0.25) is 9.69 Å². The highest BCUT2D eigenvalue weighted by molar-refractivity contribution is 6.30. The van der Waals surface area contributed by atoms with Crippen LogP contribution in [0.4, 0.5) is 10.5 Å². The van der Waals surface area contributed by atoms with Gasteiger partial charge in [0.1, 0.15) is 6.54 Å². The van der Waals surface area contributed by atoms with Gasteiger partial charge in [0, 0.05) is 24.3 Å². The van der Waals surface area contributed by atoms with Crippen LogP contribution < -0.4 is 4.90 Å². The molecular weight excluding hydrogens is 292 g/mol.